The summed E-state index contributed by atoms with van der Waals surface area (Å²) in [6, 6.07) is 12.3. The van der Waals surface area contributed by atoms with Gasteiger partial charge in [0.2, 0.25) is 5.91 Å². The van der Waals surface area contributed by atoms with E-state index in [2.05, 4.69) is 15.5 Å². The van der Waals surface area contributed by atoms with Crippen molar-refractivity contribution >= 4 is 40.7 Å². The molecule has 3 rings (SSSR count). The average Bonchev–Trinajstić information content (AvgIpc) is 3.17. The zero-order valence-corrected chi connectivity index (χ0v) is 20.0. The zero-order valence-electron chi connectivity index (χ0n) is 18.4. The van der Waals surface area contributed by atoms with Crippen molar-refractivity contribution in [3.63, 3.8) is 0 Å². The van der Waals surface area contributed by atoms with Gasteiger partial charge < -0.3 is 14.6 Å². The van der Waals surface area contributed by atoms with Crippen molar-refractivity contribution in [3.05, 3.63) is 64.4 Å². The Kier molecular flexibility index (Phi) is 7.93. The van der Waals surface area contributed by atoms with Crippen molar-refractivity contribution in [1.29, 1.82) is 0 Å². The van der Waals surface area contributed by atoms with Gasteiger partial charge in [0, 0.05) is 22.8 Å². The van der Waals surface area contributed by atoms with Crippen LogP contribution in [0.25, 0.3) is 0 Å². The molecule has 1 N–H and O–H groups in total. The largest absolute Gasteiger partial charge is 0.482 e. The summed E-state index contributed by atoms with van der Waals surface area (Å²) < 4.78 is 8.02. The van der Waals surface area contributed by atoms with E-state index in [1.54, 1.807) is 30.3 Å². The molecule has 9 heteroatoms. The number of aromatic nitrogens is 3. The number of aryl methyl sites for hydroxylation is 1. The minimum absolute atomic E-state index is 0.0161. The van der Waals surface area contributed by atoms with Crippen LogP contribution in [0.1, 0.15) is 48.6 Å². The van der Waals surface area contributed by atoms with Crippen LogP contribution in [-0.2, 0) is 11.3 Å². The molecule has 7 nitrogen and oxygen atoms in total. The van der Waals surface area contributed by atoms with E-state index in [1.807, 2.05) is 37.5 Å². The second kappa shape index (κ2) is 10.7. The van der Waals surface area contributed by atoms with E-state index in [0.717, 1.165) is 11.3 Å². The lowest BCUT2D eigenvalue weighted by Crippen LogP contribution is -2.15. The lowest BCUT2D eigenvalue weighted by atomic mass is 10.1. The van der Waals surface area contributed by atoms with E-state index in [0.29, 0.717) is 33.8 Å². The number of nitrogens with zero attached hydrogens (tertiary/aromatic N) is 3. The van der Waals surface area contributed by atoms with E-state index < -0.39 is 0 Å². The fourth-order valence-corrected chi connectivity index (χ4v) is 4.14. The van der Waals surface area contributed by atoms with Crippen LogP contribution in [0.3, 0.4) is 0 Å². The molecular weight excluding hydrogens is 448 g/mol. The number of benzene rings is 2. The molecule has 0 fully saturated rings. The summed E-state index contributed by atoms with van der Waals surface area (Å²) in [7, 11) is 0. The monoisotopic (exact) mass is 472 g/mol. The summed E-state index contributed by atoms with van der Waals surface area (Å²) >= 11 is 7.33. The number of hydrogen-bond acceptors (Lipinski definition) is 6. The first kappa shape index (κ1) is 23.8. The molecule has 0 saturated carbocycles. The third kappa shape index (κ3) is 5.89. The van der Waals surface area contributed by atoms with Crippen molar-refractivity contribution in [1.82, 2.24) is 14.8 Å². The number of anilines is 1. The van der Waals surface area contributed by atoms with Crippen LogP contribution in [0.15, 0.2) is 47.6 Å². The van der Waals surface area contributed by atoms with E-state index in [4.69, 9.17) is 16.3 Å². The Morgan fingerprint density at radius 2 is 1.91 bits per heavy atom. The van der Waals surface area contributed by atoms with Crippen LogP contribution < -0.4 is 10.1 Å². The summed E-state index contributed by atoms with van der Waals surface area (Å²) in [6.07, 6.45) is -0.328. The van der Waals surface area contributed by atoms with E-state index in [1.165, 1.54) is 18.7 Å². The highest BCUT2D eigenvalue weighted by molar-refractivity contribution is 7.99. The molecule has 0 aliphatic rings. The van der Waals surface area contributed by atoms with Crippen molar-refractivity contribution < 1.29 is 14.3 Å². The summed E-state index contributed by atoms with van der Waals surface area (Å²) in [6.45, 7) is 7.99. The number of hydrogen-bond donors (Lipinski definition) is 1. The van der Waals surface area contributed by atoms with Gasteiger partial charge in [0.15, 0.2) is 22.9 Å². The standard InChI is InChI=1S/C23H25ClN4O3S/c1-5-28-22(16(4)31-20-11-8-18(24)12-14(20)2)26-27-23(28)32-13-21(30)25-19-9-6-17(7-10-19)15(3)29/h6-12,16H,5,13H2,1-4H3,(H,25,30). The number of ether oxygens (including phenoxy) is 1. The molecule has 1 amide bonds. The molecule has 0 saturated heterocycles. The van der Waals surface area contributed by atoms with Crippen molar-refractivity contribution in [3.8, 4) is 5.75 Å². The topological polar surface area (TPSA) is 86.1 Å². The van der Waals surface area contributed by atoms with E-state index in [9.17, 15) is 9.59 Å². The number of rotatable bonds is 9. The Hall–Kier alpha value is -2.84. The molecule has 32 heavy (non-hydrogen) atoms. The number of carbonyl (C=O) groups excluding carboxylic acids is 2. The SMILES string of the molecule is CCn1c(SCC(=O)Nc2ccc(C(C)=O)cc2)nnc1C(C)Oc1ccc(Cl)cc1C. The maximum Gasteiger partial charge on any atom is 0.234 e. The maximum absolute atomic E-state index is 12.4. The predicted molar refractivity (Wildman–Crippen MR) is 127 cm³/mol. The Morgan fingerprint density at radius 1 is 1.19 bits per heavy atom. The van der Waals surface area contributed by atoms with Crippen LogP contribution in [0, 0.1) is 6.92 Å². The third-order valence-electron chi connectivity index (χ3n) is 4.77. The summed E-state index contributed by atoms with van der Waals surface area (Å²) in [5.74, 6) is 1.41. The fourth-order valence-electron chi connectivity index (χ4n) is 3.11. The number of amides is 1. The van der Waals surface area contributed by atoms with Crippen molar-refractivity contribution in [2.75, 3.05) is 11.1 Å². The molecule has 1 atom stereocenters. The molecule has 0 radical (unpaired) electrons. The Balaban J connectivity index is 1.62. The van der Waals surface area contributed by atoms with Gasteiger partial charge in [-0.2, -0.15) is 0 Å². The van der Waals surface area contributed by atoms with Crippen LogP contribution in [0.5, 0.6) is 5.75 Å². The highest BCUT2D eigenvalue weighted by Crippen LogP contribution is 2.28. The third-order valence-corrected chi connectivity index (χ3v) is 5.98. The molecule has 1 unspecified atom stereocenters. The second-order valence-corrected chi connectivity index (χ2v) is 8.60. The minimum atomic E-state index is -0.328. The normalized spacial score (nSPS) is 11.8. The quantitative estimate of drug-likeness (QED) is 0.334. The highest BCUT2D eigenvalue weighted by atomic mass is 35.5. The molecule has 0 spiro atoms. The smallest absolute Gasteiger partial charge is 0.234 e. The van der Waals surface area contributed by atoms with Gasteiger partial charge in [-0.15, -0.1) is 10.2 Å². The number of halogens is 1. The molecule has 2 aromatic carbocycles. The van der Waals surface area contributed by atoms with Gasteiger partial charge in [-0.05, 0) is 75.7 Å². The molecule has 168 valence electrons. The summed E-state index contributed by atoms with van der Waals surface area (Å²) in [5.41, 5.74) is 2.18. The first-order valence-corrected chi connectivity index (χ1v) is 11.5. The summed E-state index contributed by atoms with van der Waals surface area (Å²) in [4.78, 5) is 23.7. The molecule has 1 heterocycles. The first-order chi connectivity index (χ1) is 15.3. The molecule has 3 aromatic rings. The minimum Gasteiger partial charge on any atom is -0.482 e. The second-order valence-electron chi connectivity index (χ2n) is 7.23. The van der Waals surface area contributed by atoms with Gasteiger partial charge >= 0.3 is 0 Å². The summed E-state index contributed by atoms with van der Waals surface area (Å²) in [5, 5.41) is 12.7. The van der Waals surface area contributed by atoms with Gasteiger partial charge in [-0.25, -0.2) is 0 Å². The number of carbonyl (C=O) groups is 2. The number of ketones is 1. The Bertz CT molecular complexity index is 1110. The van der Waals surface area contributed by atoms with Crippen LogP contribution in [-0.4, -0.2) is 32.2 Å². The first-order valence-electron chi connectivity index (χ1n) is 10.2. The number of thioether (sulfide) groups is 1. The zero-order chi connectivity index (χ0) is 23.3. The van der Waals surface area contributed by atoms with Crippen molar-refractivity contribution in [2.45, 2.75) is 45.5 Å². The van der Waals surface area contributed by atoms with E-state index in [-0.39, 0.29) is 23.5 Å². The molecular formula is C23H25ClN4O3S. The fraction of sp³-hybridized carbons (Fsp3) is 0.304. The predicted octanol–water partition coefficient (Wildman–Crippen LogP) is 5.33. The van der Waals surface area contributed by atoms with Crippen LogP contribution >= 0.6 is 23.4 Å². The van der Waals surface area contributed by atoms with Gasteiger partial charge in [0.25, 0.3) is 0 Å². The van der Waals surface area contributed by atoms with Crippen molar-refractivity contribution in [2.24, 2.45) is 0 Å². The number of Topliss-reactive ketones (excluding diaryl/α,β-unsaturated/α-hetero) is 1. The molecule has 0 bridgehead atoms. The van der Waals surface area contributed by atoms with Crippen LogP contribution in [0.4, 0.5) is 5.69 Å². The van der Waals surface area contributed by atoms with Gasteiger partial charge in [-0.3, -0.25) is 9.59 Å². The van der Waals surface area contributed by atoms with Gasteiger partial charge in [0.1, 0.15) is 5.75 Å². The number of nitrogens with one attached hydrogen (secondary N) is 1. The maximum atomic E-state index is 12.4. The molecule has 0 aliphatic heterocycles. The average molecular weight is 473 g/mol. The highest BCUT2D eigenvalue weighted by Gasteiger charge is 2.20. The van der Waals surface area contributed by atoms with E-state index >= 15 is 0 Å². The lowest BCUT2D eigenvalue weighted by molar-refractivity contribution is -0.113. The Labute approximate surface area is 196 Å². The van der Waals surface area contributed by atoms with Gasteiger partial charge in [-0.1, -0.05) is 23.4 Å². The van der Waals surface area contributed by atoms with Crippen LogP contribution in [0.2, 0.25) is 5.02 Å². The molecule has 1 aromatic heterocycles. The molecule has 0 aliphatic carbocycles. The Morgan fingerprint density at radius 3 is 2.53 bits per heavy atom. The van der Waals surface area contributed by atoms with Gasteiger partial charge in [0.05, 0.1) is 5.75 Å². The lowest BCUT2D eigenvalue weighted by Gasteiger charge is -2.17.